The lowest BCUT2D eigenvalue weighted by Crippen LogP contribution is -2.35. The number of imidazole rings is 1. The van der Waals surface area contributed by atoms with Crippen LogP contribution in [-0.2, 0) is 19.5 Å². The molecule has 4 heteroatoms. The summed E-state index contributed by atoms with van der Waals surface area (Å²) >= 11 is 0. The first-order chi connectivity index (χ1) is 8.84. The van der Waals surface area contributed by atoms with Gasteiger partial charge in [0, 0.05) is 11.4 Å². The number of piperidine rings is 1. The summed E-state index contributed by atoms with van der Waals surface area (Å²) in [5.41, 5.74) is 2.59. The van der Waals surface area contributed by atoms with E-state index in [0.717, 1.165) is 32.6 Å². The molecule has 0 spiro atoms. The van der Waals surface area contributed by atoms with E-state index in [1.807, 2.05) is 4.57 Å². The molecule has 2 aliphatic rings. The summed E-state index contributed by atoms with van der Waals surface area (Å²) in [5, 5.41) is 0. The van der Waals surface area contributed by atoms with Crippen molar-refractivity contribution in [2.45, 2.75) is 58.0 Å². The summed E-state index contributed by atoms with van der Waals surface area (Å²) in [6.45, 7) is 3.09. The number of aromatic amines is 1. The van der Waals surface area contributed by atoms with Gasteiger partial charge in [0.25, 0.3) is 0 Å². The van der Waals surface area contributed by atoms with E-state index in [1.165, 1.54) is 49.9 Å². The van der Waals surface area contributed by atoms with E-state index in [4.69, 9.17) is 0 Å². The first-order valence-electron chi connectivity index (χ1n) is 7.37. The highest BCUT2D eigenvalue weighted by Gasteiger charge is 2.18. The van der Waals surface area contributed by atoms with Crippen molar-refractivity contribution in [2.75, 3.05) is 13.1 Å². The number of hydrogen-bond donors (Lipinski definition) is 1. The molecule has 4 nitrogen and oxygen atoms in total. The van der Waals surface area contributed by atoms with Crippen molar-refractivity contribution in [2.24, 2.45) is 0 Å². The molecule has 1 fully saturated rings. The third-order valence-electron chi connectivity index (χ3n) is 4.31. The lowest BCUT2D eigenvalue weighted by Gasteiger charge is -2.27. The zero-order valence-corrected chi connectivity index (χ0v) is 11.1. The number of hydrogen-bond acceptors (Lipinski definition) is 2. The minimum absolute atomic E-state index is 0.104. The van der Waals surface area contributed by atoms with Gasteiger partial charge < -0.3 is 4.98 Å². The van der Waals surface area contributed by atoms with Gasteiger partial charge in [0.15, 0.2) is 0 Å². The van der Waals surface area contributed by atoms with Crippen LogP contribution in [0.3, 0.4) is 0 Å². The zero-order chi connectivity index (χ0) is 12.4. The molecule has 0 bridgehead atoms. The SMILES string of the molecule is O=c1[nH]c2c(n1CN1CCCCC1)CCCCC2. The Morgan fingerprint density at radius 1 is 0.944 bits per heavy atom. The highest BCUT2D eigenvalue weighted by Crippen LogP contribution is 2.18. The number of H-pyrrole nitrogens is 1. The van der Waals surface area contributed by atoms with Crippen LogP contribution < -0.4 is 5.69 Å². The Bertz CT molecular complexity index is 454. The van der Waals surface area contributed by atoms with E-state index in [9.17, 15) is 4.79 Å². The normalized spacial score (nSPS) is 21.6. The highest BCUT2D eigenvalue weighted by molar-refractivity contribution is 5.15. The standard InChI is InChI=1S/C14H23N3O/c18-14-15-12-7-3-1-4-8-13(12)17(14)11-16-9-5-2-6-10-16/h1-11H2,(H,15,18). The average Bonchev–Trinajstić information content (AvgIpc) is 2.56. The van der Waals surface area contributed by atoms with Gasteiger partial charge >= 0.3 is 5.69 Å². The van der Waals surface area contributed by atoms with E-state index >= 15 is 0 Å². The van der Waals surface area contributed by atoms with Gasteiger partial charge in [0.2, 0.25) is 0 Å². The van der Waals surface area contributed by atoms with E-state index in [2.05, 4.69) is 9.88 Å². The number of rotatable bonds is 2. The van der Waals surface area contributed by atoms with Crippen molar-refractivity contribution in [3.8, 4) is 0 Å². The first-order valence-corrected chi connectivity index (χ1v) is 7.37. The molecule has 1 aromatic heterocycles. The molecular formula is C14H23N3O. The van der Waals surface area contributed by atoms with Crippen LogP contribution in [0.2, 0.25) is 0 Å². The molecule has 1 saturated heterocycles. The highest BCUT2D eigenvalue weighted by atomic mass is 16.1. The quantitative estimate of drug-likeness (QED) is 0.813. The molecule has 1 aliphatic heterocycles. The number of fused-ring (bicyclic) bond motifs is 1. The number of aryl methyl sites for hydroxylation is 1. The maximum absolute atomic E-state index is 12.1. The van der Waals surface area contributed by atoms with Crippen molar-refractivity contribution >= 4 is 0 Å². The van der Waals surface area contributed by atoms with Crippen LogP contribution in [0.4, 0.5) is 0 Å². The van der Waals surface area contributed by atoms with Crippen molar-refractivity contribution in [3.05, 3.63) is 21.9 Å². The molecule has 1 aliphatic carbocycles. The molecular weight excluding hydrogens is 226 g/mol. The fraction of sp³-hybridized carbons (Fsp3) is 0.786. The van der Waals surface area contributed by atoms with Gasteiger partial charge in [-0.15, -0.1) is 0 Å². The Labute approximate surface area is 108 Å². The van der Waals surface area contributed by atoms with Gasteiger partial charge in [0.1, 0.15) is 0 Å². The number of nitrogens with one attached hydrogen (secondary N) is 1. The molecule has 0 saturated carbocycles. The molecule has 2 heterocycles. The van der Waals surface area contributed by atoms with Gasteiger partial charge in [-0.3, -0.25) is 9.47 Å². The molecule has 0 atom stereocenters. The zero-order valence-electron chi connectivity index (χ0n) is 11.1. The fourth-order valence-corrected chi connectivity index (χ4v) is 3.27. The summed E-state index contributed by atoms with van der Waals surface area (Å²) in [7, 11) is 0. The largest absolute Gasteiger partial charge is 0.327 e. The van der Waals surface area contributed by atoms with Gasteiger partial charge in [-0.05, 0) is 51.6 Å². The summed E-state index contributed by atoms with van der Waals surface area (Å²) in [5.74, 6) is 0. The molecule has 1 aromatic rings. The topological polar surface area (TPSA) is 41.0 Å². The molecule has 100 valence electrons. The average molecular weight is 249 g/mol. The van der Waals surface area contributed by atoms with E-state index in [1.54, 1.807) is 0 Å². The van der Waals surface area contributed by atoms with Crippen molar-refractivity contribution in [3.63, 3.8) is 0 Å². The van der Waals surface area contributed by atoms with E-state index < -0.39 is 0 Å². The number of likely N-dealkylation sites (tertiary alicyclic amines) is 1. The Balaban J connectivity index is 1.82. The van der Waals surface area contributed by atoms with Crippen LogP contribution in [-0.4, -0.2) is 27.5 Å². The first kappa shape index (κ1) is 12.0. The van der Waals surface area contributed by atoms with Gasteiger partial charge in [-0.25, -0.2) is 4.79 Å². The maximum atomic E-state index is 12.1. The minimum Gasteiger partial charge on any atom is -0.310 e. The Hall–Kier alpha value is -1.03. The molecule has 0 unspecified atom stereocenters. The minimum atomic E-state index is 0.104. The van der Waals surface area contributed by atoms with E-state index in [0.29, 0.717) is 0 Å². The Morgan fingerprint density at radius 2 is 1.67 bits per heavy atom. The predicted molar refractivity (Wildman–Crippen MR) is 71.7 cm³/mol. The summed E-state index contributed by atoms with van der Waals surface area (Å²) < 4.78 is 1.99. The van der Waals surface area contributed by atoms with Crippen LogP contribution in [0.15, 0.2) is 4.79 Å². The third kappa shape index (κ3) is 2.39. The van der Waals surface area contributed by atoms with Gasteiger partial charge in [0.05, 0.1) is 6.67 Å². The van der Waals surface area contributed by atoms with E-state index in [-0.39, 0.29) is 5.69 Å². The second kappa shape index (κ2) is 5.31. The number of aromatic nitrogens is 2. The lowest BCUT2D eigenvalue weighted by atomic mass is 10.1. The van der Waals surface area contributed by atoms with Crippen LogP contribution in [0, 0.1) is 0 Å². The Kier molecular flexibility index (Phi) is 3.55. The van der Waals surface area contributed by atoms with Crippen LogP contribution in [0.25, 0.3) is 0 Å². The van der Waals surface area contributed by atoms with Crippen LogP contribution in [0.5, 0.6) is 0 Å². The molecule has 1 N–H and O–H groups in total. The smallest absolute Gasteiger partial charge is 0.310 e. The summed E-state index contributed by atoms with van der Waals surface area (Å²) in [4.78, 5) is 17.6. The predicted octanol–water partition coefficient (Wildman–Crippen LogP) is 1.89. The van der Waals surface area contributed by atoms with Crippen LogP contribution >= 0.6 is 0 Å². The monoisotopic (exact) mass is 249 g/mol. The second-order valence-corrected chi connectivity index (χ2v) is 5.66. The van der Waals surface area contributed by atoms with Crippen LogP contribution in [0.1, 0.15) is 49.9 Å². The summed E-state index contributed by atoms with van der Waals surface area (Å²) in [6, 6.07) is 0. The van der Waals surface area contributed by atoms with Crippen molar-refractivity contribution < 1.29 is 0 Å². The maximum Gasteiger partial charge on any atom is 0.327 e. The van der Waals surface area contributed by atoms with Gasteiger partial charge in [-0.2, -0.15) is 0 Å². The molecule has 18 heavy (non-hydrogen) atoms. The van der Waals surface area contributed by atoms with Crippen molar-refractivity contribution in [1.82, 2.24) is 14.5 Å². The third-order valence-corrected chi connectivity index (χ3v) is 4.31. The Morgan fingerprint density at radius 3 is 2.50 bits per heavy atom. The number of nitrogens with zero attached hydrogens (tertiary/aromatic N) is 2. The lowest BCUT2D eigenvalue weighted by molar-refractivity contribution is 0.178. The molecule has 0 radical (unpaired) electrons. The second-order valence-electron chi connectivity index (χ2n) is 5.66. The molecule has 0 amide bonds. The summed E-state index contributed by atoms with van der Waals surface area (Å²) in [6.07, 6.45) is 9.76. The molecule has 3 rings (SSSR count). The fourth-order valence-electron chi connectivity index (χ4n) is 3.27. The van der Waals surface area contributed by atoms with Crippen molar-refractivity contribution in [1.29, 1.82) is 0 Å². The molecule has 0 aromatic carbocycles. The van der Waals surface area contributed by atoms with Gasteiger partial charge in [-0.1, -0.05) is 12.8 Å².